The van der Waals surface area contributed by atoms with Crippen LogP contribution in [-0.2, 0) is 0 Å². The van der Waals surface area contributed by atoms with Gasteiger partial charge in [-0.05, 0) is 83.9 Å². The van der Waals surface area contributed by atoms with Crippen molar-refractivity contribution in [3.63, 3.8) is 0 Å². The second-order valence-electron chi connectivity index (χ2n) is 10.9. The molecule has 0 aliphatic carbocycles. The van der Waals surface area contributed by atoms with E-state index in [4.69, 9.17) is 9.97 Å². The van der Waals surface area contributed by atoms with Gasteiger partial charge in [-0.3, -0.25) is 15.0 Å². The minimum Gasteiger partial charge on any atom is -0.308 e. The van der Waals surface area contributed by atoms with Crippen LogP contribution in [0.2, 0.25) is 0 Å². The SMILES string of the molecule is c1ccc(-c2ccccc2-c2ccc3c(c2)c2ncccc2n3-c2cccc(-n3c4ccccc4c4ncccc43)c2)nc1. The average Bonchev–Trinajstić information content (AvgIpc) is 3.61. The number of hydrogen-bond donors (Lipinski definition) is 0. The number of para-hydroxylation sites is 1. The maximum Gasteiger partial charge on any atom is 0.0963 e. The van der Waals surface area contributed by atoms with Crippen LogP contribution in [0.15, 0.2) is 152 Å². The van der Waals surface area contributed by atoms with Crippen molar-refractivity contribution in [3.05, 3.63) is 152 Å². The summed E-state index contributed by atoms with van der Waals surface area (Å²) in [7, 11) is 0. The summed E-state index contributed by atoms with van der Waals surface area (Å²) in [5.74, 6) is 0. The molecule has 5 aromatic heterocycles. The van der Waals surface area contributed by atoms with E-state index in [1.54, 1.807) is 0 Å². The van der Waals surface area contributed by atoms with Crippen LogP contribution >= 0.6 is 0 Å². The molecular formula is C39H25N5. The molecule has 206 valence electrons. The highest BCUT2D eigenvalue weighted by Crippen LogP contribution is 2.38. The third kappa shape index (κ3) is 3.69. The van der Waals surface area contributed by atoms with Crippen LogP contribution in [0, 0.1) is 0 Å². The number of rotatable bonds is 4. The lowest BCUT2D eigenvalue weighted by Crippen LogP contribution is -1.98. The summed E-state index contributed by atoms with van der Waals surface area (Å²) < 4.78 is 4.63. The third-order valence-corrected chi connectivity index (χ3v) is 8.47. The van der Waals surface area contributed by atoms with Crippen molar-refractivity contribution in [1.29, 1.82) is 0 Å². The molecule has 5 heterocycles. The van der Waals surface area contributed by atoms with Gasteiger partial charge in [-0.15, -0.1) is 0 Å². The highest BCUT2D eigenvalue weighted by Gasteiger charge is 2.17. The van der Waals surface area contributed by atoms with E-state index in [2.05, 4.69) is 123 Å². The molecule has 0 aliphatic rings. The number of nitrogens with zero attached hydrogens (tertiary/aromatic N) is 5. The lowest BCUT2D eigenvalue weighted by molar-refractivity contribution is 1.13. The first-order valence-electron chi connectivity index (χ1n) is 14.7. The predicted molar refractivity (Wildman–Crippen MR) is 179 cm³/mol. The lowest BCUT2D eigenvalue weighted by atomic mass is 9.96. The van der Waals surface area contributed by atoms with Crippen LogP contribution in [0.3, 0.4) is 0 Å². The first kappa shape index (κ1) is 24.5. The Balaban J connectivity index is 1.26. The summed E-state index contributed by atoms with van der Waals surface area (Å²) in [5.41, 5.74) is 12.9. The van der Waals surface area contributed by atoms with E-state index >= 15 is 0 Å². The largest absolute Gasteiger partial charge is 0.308 e. The summed E-state index contributed by atoms with van der Waals surface area (Å²) in [4.78, 5) is 14.2. The summed E-state index contributed by atoms with van der Waals surface area (Å²) in [6, 6.07) is 46.7. The number of aromatic nitrogens is 5. The standard InChI is InChI=1S/C39H25N5/c1-2-13-30(33-15-5-6-21-40-33)29(12-1)26-19-20-35-32(24-26)39-37(18-9-23-42-39)44(35)28-11-7-10-27(25-28)43-34-16-4-3-14-31(34)38-36(43)17-8-22-41-38/h1-25H. The summed E-state index contributed by atoms with van der Waals surface area (Å²) >= 11 is 0. The Labute approximate surface area is 253 Å². The van der Waals surface area contributed by atoms with Crippen molar-refractivity contribution < 1.29 is 0 Å². The Morgan fingerprint density at radius 3 is 1.75 bits per heavy atom. The smallest absolute Gasteiger partial charge is 0.0963 e. The zero-order valence-corrected chi connectivity index (χ0v) is 23.7. The van der Waals surface area contributed by atoms with Gasteiger partial charge in [-0.1, -0.05) is 60.7 Å². The second kappa shape index (κ2) is 9.75. The maximum atomic E-state index is 4.88. The molecule has 0 saturated heterocycles. The fourth-order valence-corrected chi connectivity index (χ4v) is 6.59. The van der Waals surface area contributed by atoms with Crippen LogP contribution < -0.4 is 0 Å². The monoisotopic (exact) mass is 563 g/mol. The molecule has 0 amide bonds. The van der Waals surface area contributed by atoms with Gasteiger partial charge in [0, 0.05) is 46.3 Å². The van der Waals surface area contributed by atoms with E-state index in [0.29, 0.717) is 0 Å². The van der Waals surface area contributed by atoms with E-state index < -0.39 is 0 Å². The Hall–Kier alpha value is -6.07. The molecule has 0 fully saturated rings. The first-order chi connectivity index (χ1) is 21.8. The lowest BCUT2D eigenvalue weighted by Gasteiger charge is -2.13. The van der Waals surface area contributed by atoms with Crippen molar-refractivity contribution in [2.24, 2.45) is 0 Å². The van der Waals surface area contributed by atoms with Crippen molar-refractivity contribution >= 4 is 43.9 Å². The van der Waals surface area contributed by atoms with Crippen LogP contribution in [0.5, 0.6) is 0 Å². The van der Waals surface area contributed by atoms with Crippen LogP contribution in [-0.4, -0.2) is 24.1 Å². The number of fused-ring (bicyclic) bond motifs is 6. The summed E-state index contributed by atoms with van der Waals surface area (Å²) in [5, 5.41) is 2.26. The van der Waals surface area contributed by atoms with Gasteiger partial charge in [0.25, 0.3) is 0 Å². The normalized spacial score (nSPS) is 11.6. The van der Waals surface area contributed by atoms with Crippen LogP contribution in [0.1, 0.15) is 0 Å². The van der Waals surface area contributed by atoms with Crippen LogP contribution in [0.4, 0.5) is 0 Å². The molecule has 0 radical (unpaired) electrons. The molecule has 9 aromatic rings. The highest BCUT2D eigenvalue weighted by atomic mass is 15.0. The molecular weight excluding hydrogens is 538 g/mol. The molecule has 4 aromatic carbocycles. The van der Waals surface area contributed by atoms with Gasteiger partial charge in [0.05, 0.1) is 38.8 Å². The van der Waals surface area contributed by atoms with E-state index in [-0.39, 0.29) is 0 Å². The fraction of sp³-hybridized carbons (Fsp3) is 0. The van der Waals surface area contributed by atoms with Crippen molar-refractivity contribution in [2.45, 2.75) is 0 Å². The van der Waals surface area contributed by atoms with Gasteiger partial charge in [0.1, 0.15) is 0 Å². The van der Waals surface area contributed by atoms with Crippen molar-refractivity contribution in [1.82, 2.24) is 24.1 Å². The number of pyridine rings is 3. The molecule has 5 heteroatoms. The molecule has 0 atom stereocenters. The van der Waals surface area contributed by atoms with E-state index in [1.165, 1.54) is 0 Å². The number of benzene rings is 4. The number of hydrogen-bond acceptors (Lipinski definition) is 3. The van der Waals surface area contributed by atoms with Crippen molar-refractivity contribution in [2.75, 3.05) is 0 Å². The van der Waals surface area contributed by atoms with E-state index in [1.807, 2.05) is 42.9 Å². The molecule has 0 N–H and O–H groups in total. The van der Waals surface area contributed by atoms with E-state index in [9.17, 15) is 0 Å². The van der Waals surface area contributed by atoms with Gasteiger partial charge < -0.3 is 9.13 Å². The Morgan fingerprint density at radius 1 is 0.386 bits per heavy atom. The van der Waals surface area contributed by atoms with E-state index in [0.717, 1.165) is 77.6 Å². The first-order valence-corrected chi connectivity index (χ1v) is 14.7. The minimum atomic E-state index is 0.959. The third-order valence-electron chi connectivity index (χ3n) is 8.47. The molecule has 5 nitrogen and oxygen atoms in total. The zero-order chi connectivity index (χ0) is 29.0. The average molecular weight is 564 g/mol. The maximum absolute atomic E-state index is 4.88. The minimum absolute atomic E-state index is 0.959. The van der Waals surface area contributed by atoms with Crippen LogP contribution in [0.25, 0.3) is 77.6 Å². The molecule has 0 spiro atoms. The van der Waals surface area contributed by atoms with Gasteiger partial charge in [0.15, 0.2) is 0 Å². The van der Waals surface area contributed by atoms with Gasteiger partial charge in [-0.2, -0.15) is 0 Å². The Kier molecular flexibility index (Phi) is 5.43. The topological polar surface area (TPSA) is 48.5 Å². The van der Waals surface area contributed by atoms with Gasteiger partial charge in [0.2, 0.25) is 0 Å². The van der Waals surface area contributed by atoms with Crippen molar-refractivity contribution in [3.8, 4) is 33.8 Å². The zero-order valence-electron chi connectivity index (χ0n) is 23.7. The summed E-state index contributed by atoms with van der Waals surface area (Å²) in [6.45, 7) is 0. The molecule has 0 unspecified atom stereocenters. The van der Waals surface area contributed by atoms with Gasteiger partial charge >= 0.3 is 0 Å². The summed E-state index contributed by atoms with van der Waals surface area (Å²) in [6.07, 6.45) is 5.59. The molecule has 0 bridgehead atoms. The molecule has 44 heavy (non-hydrogen) atoms. The molecule has 9 rings (SSSR count). The molecule has 0 saturated carbocycles. The predicted octanol–water partition coefficient (Wildman–Crippen LogP) is 9.40. The second-order valence-corrected chi connectivity index (χ2v) is 10.9. The molecule has 0 aliphatic heterocycles. The Bertz CT molecular complexity index is 2450. The quantitative estimate of drug-likeness (QED) is 0.214. The highest BCUT2D eigenvalue weighted by molar-refractivity contribution is 6.09. The van der Waals surface area contributed by atoms with Gasteiger partial charge in [-0.25, -0.2) is 0 Å². The Morgan fingerprint density at radius 2 is 1.00 bits per heavy atom. The fourth-order valence-electron chi connectivity index (χ4n) is 6.59.